The number of hydrogen-bond donors (Lipinski definition) is 3. The summed E-state index contributed by atoms with van der Waals surface area (Å²) in [5.41, 5.74) is 2.03. The van der Waals surface area contributed by atoms with E-state index in [2.05, 4.69) is 10.6 Å². The maximum Gasteiger partial charge on any atom is 0.315 e. The zero-order chi connectivity index (χ0) is 15.8. The molecule has 0 aliphatic heterocycles. The molecular weight excluding hydrogens is 268 g/mol. The maximum absolute atomic E-state index is 11.7. The molecule has 0 aliphatic carbocycles. The van der Waals surface area contributed by atoms with E-state index < -0.39 is 6.10 Å². The summed E-state index contributed by atoms with van der Waals surface area (Å²) in [5, 5.41) is 15.2. The Bertz CT molecular complexity index is 463. The molecule has 118 valence electrons. The van der Waals surface area contributed by atoms with Crippen molar-refractivity contribution in [3.63, 3.8) is 0 Å². The van der Waals surface area contributed by atoms with E-state index in [-0.39, 0.29) is 18.5 Å². The van der Waals surface area contributed by atoms with Gasteiger partial charge in [-0.3, -0.25) is 0 Å². The van der Waals surface area contributed by atoms with Gasteiger partial charge in [0.05, 0.1) is 13.2 Å². The highest BCUT2D eigenvalue weighted by Crippen LogP contribution is 2.19. The second-order valence-corrected chi connectivity index (χ2v) is 5.33. The third-order valence-corrected chi connectivity index (χ3v) is 3.65. The zero-order valence-corrected chi connectivity index (χ0v) is 13.3. The van der Waals surface area contributed by atoms with Crippen LogP contribution in [0, 0.1) is 12.8 Å². The summed E-state index contributed by atoms with van der Waals surface area (Å²) >= 11 is 0. The molecule has 0 saturated heterocycles. The van der Waals surface area contributed by atoms with Gasteiger partial charge in [-0.25, -0.2) is 4.79 Å². The van der Waals surface area contributed by atoms with Crippen molar-refractivity contribution in [1.82, 2.24) is 10.6 Å². The molecule has 0 saturated carbocycles. The van der Waals surface area contributed by atoms with Crippen LogP contribution in [0.3, 0.4) is 0 Å². The number of aliphatic hydroxyl groups excluding tert-OH is 1. The molecule has 5 heteroatoms. The van der Waals surface area contributed by atoms with Crippen LogP contribution < -0.4 is 15.4 Å². The monoisotopic (exact) mass is 294 g/mol. The fourth-order valence-electron chi connectivity index (χ4n) is 1.91. The SMILES string of the molecule is CCC(C)C(O)CNC(=O)NCc1ccc(C)cc1OC. The number of methoxy groups -OCH3 is 1. The van der Waals surface area contributed by atoms with Crippen molar-refractivity contribution in [3.8, 4) is 5.75 Å². The minimum atomic E-state index is -0.519. The normalized spacial score (nSPS) is 13.4. The van der Waals surface area contributed by atoms with Gasteiger partial charge in [0.1, 0.15) is 5.75 Å². The van der Waals surface area contributed by atoms with E-state index in [9.17, 15) is 9.90 Å². The molecule has 2 unspecified atom stereocenters. The first-order valence-corrected chi connectivity index (χ1v) is 7.31. The van der Waals surface area contributed by atoms with Crippen LogP contribution in [0.4, 0.5) is 4.79 Å². The lowest BCUT2D eigenvalue weighted by Crippen LogP contribution is -2.41. The van der Waals surface area contributed by atoms with Gasteiger partial charge in [0.15, 0.2) is 0 Å². The number of urea groups is 1. The lowest BCUT2D eigenvalue weighted by atomic mass is 10.0. The molecular formula is C16H26N2O3. The second-order valence-electron chi connectivity index (χ2n) is 5.33. The van der Waals surface area contributed by atoms with Crippen LogP contribution in [0.1, 0.15) is 31.4 Å². The molecule has 0 aliphatic rings. The van der Waals surface area contributed by atoms with Crippen LogP contribution in [0.2, 0.25) is 0 Å². The molecule has 3 N–H and O–H groups in total. The average molecular weight is 294 g/mol. The molecule has 0 spiro atoms. The highest BCUT2D eigenvalue weighted by molar-refractivity contribution is 5.73. The molecule has 0 bridgehead atoms. The molecule has 1 aromatic rings. The first-order valence-electron chi connectivity index (χ1n) is 7.31. The molecule has 0 radical (unpaired) electrons. The van der Waals surface area contributed by atoms with Gasteiger partial charge in [-0.1, -0.05) is 32.4 Å². The van der Waals surface area contributed by atoms with Crippen molar-refractivity contribution in [1.29, 1.82) is 0 Å². The first kappa shape index (κ1) is 17.3. The van der Waals surface area contributed by atoms with Gasteiger partial charge in [-0.2, -0.15) is 0 Å². The van der Waals surface area contributed by atoms with E-state index in [1.54, 1.807) is 7.11 Å². The number of amides is 2. The molecule has 2 atom stereocenters. The summed E-state index contributed by atoms with van der Waals surface area (Å²) in [5.74, 6) is 0.928. The van der Waals surface area contributed by atoms with E-state index in [1.807, 2.05) is 39.0 Å². The fourth-order valence-corrected chi connectivity index (χ4v) is 1.91. The smallest absolute Gasteiger partial charge is 0.315 e. The number of carbonyl (C=O) groups excluding carboxylic acids is 1. The third-order valence-electron chi connectivity index (χ3n) is 3.65. The van der Waals surface area contributed by atoms with E-state index in [1.165, 1.54) is 0 Å². The molecule has 0 fully saturated rings. The summed E-state index contributed by atoms with van der Waals surface area (Å²) in [6.45, 7) is 6.60. The van der Waals surface area contributed by atoms with Crippen LogP contribution in [-0.2, 0) is 6.54 Å². The van der Waals surface area contributed by atoms with Crippen molar-refractivity contribution in [3.05, 3.63) is 29.3 Å². The fraction of sp³-hybridized carbons (Fsp3) is 0.562. The van der Waals surface area contributed by atoms with Crippen molar-refractivity contribution in [2.24, 2.45) is 5.92 Å². The Morgan fingerprint density at radius 1 is 1.38 bits per heavy atom. The predicted octanol–water partition coefficient (Wildman–Crippen LogP) is 2.21. The highest BCUT2D eigenvalue weighted by Gasteiger charge is 2.13. The number of benzene rings is 1. The predicted molar refractivity (Wildman–Crippen MR) is 83.4 cm³/mol. The Balaban J connectivity index is 2.43. The summed E-state index contributed by atoms with van der Waals surface area (Å²) < 4.78 is 5.29. The number of rotatable bonds is 7. The van der Waals surface area contributed by atoms with Gasteiger partial charge in [-0.05, 0) is 24.5 Å². The molecule has 1 rings (SSSR count). The van der Waals surface area contributed by atoms with E-state index >= 15 is 0 Å². The Kier molecular flexibility index (Phi) is 7.02. The Morgan fingerprint density at radius 2 is 2.10 bits per heavy atom. The van der Waals surface area contributed by atoms with Crippen molar-refractivity contribution >= 4 is 6.03 Å². The Morgan fingerprint density at radius 3 is 2.71 bits per heavy atom. The number of aryl methyl sites for hydroxylation is 1. The van der Waals surface area contributed by atoms with Crippen molar-refractivity contribution in [2.45, 2.75) is 39.8 Å². The van der Waals surface area contributed by atoms with Gasteiger partial charge >= 0.3 is 6.03 Å². The van der Waals surface area contributed by atoms with Gasteiger partial charge in [-0.15, -0.1) is 0 Å². The lowest BCUT2D eigenvalue weighted by molar-refractivity contribution is 0.114. The molecule has 0 aromatic heterocycles. The second kappa shape index (κ2) is 8.52. The summed E-state index contributed by atoms with van der Waals surface area (Å²) in [6.07, 6.45) is 0.361. The highest BCUT2D eigenvalue weighted by atomic mass is 16.5. The van der Waals surface area contributed by atoms with Gasteiger partial charge in [0, 0.05) is 18.7 Å². The van der Waals surface area contributed by atoms with Crippen LogP contribution in [-0.4, -0.2) is 30.9 Å². The van der Waals surface area contributed by atoms with Crippen molar-refractivity contribution in [2.75, 3.05) is 13.7 Å². The quantitative estimate of drug-likeness (QED) is 0.722. The minimum Gasteiger partial charge on any atom is -0.496 e. The summed E-state index contributed by atoms with van der Waals surface area (Å²) in [6, 6.07) is 5.55. The third kappa shape index (κ3) is 5.63. The standard InChI is InChI=1S/C16H26N2O3/c1-5-12(3)14(19)10-18-16(20)17-9-13-7-6-11(2)8-15(13)21-4/h6-8,12,14,19H,5,9-10H2,1-4H3,(H2,17,18,20). The lowest BCUT2D eigenvalue weighted by Gasteiger charge is -2.18. The number of aliphatic hydroxyl groups is 1. The van der Waals surface area contributed by atoms with Crippen molar-refractivity contribution < 1.29 is 14.6 Å². The Labute approximate surface area is 126 Å². The largest absolute Gasteiger partial charge is 0.496 e. The first-order chi connectivity index (χ1) is 9.97. The number of carbonyl (C=O) groups is 1. The molecule has 21 heavy (non-hydrogen) atoms. The Hall–Kier alpha value is -1.75. The zero-order valence-electron chi connectivity index (χ0n) is 13.3. The van der Waals surface area contributed by atoms with E-state index in [0.717, 1.165) is 23.3 Å². The van der Waals surface area contributed by atoms with Gasteiger partial charge in [0.2, 0.25) is 0 Å². The number of nitrogens with one attached hydrogen (secondary N) is 2. The molecule has 1 aromatic carbocycles. The minimum absolute atomic E-state index is 0.169. The van der Waals surface area contributed by atoms with Crippen LogP contribution >= 0.6 is 0 Å². The molecule has 2 amide bonds. The van der Waals surface area contributed by atoms with Crippen LogP contribution in [0.15, 0.2) is 18.2 Å². The summed E-state index contributed by atoms with van der Waals surface area (Å²) in [4.78, 5) is 11.7. The molecule has 5 nitrogen and oxygen atoms in total. The topological polar surface area (TPSA) is 70.6 Å². The number of ether oxygens (including phenoxy) is 1. The average Bonchev–Trinajstić information content (AvgIpc) is 2.50. The number of hydrogen-bond acceptors (Lipinski definition) is 3. The molecule has 0 heterocycles. The van der Waals surface area contributed by atoms with E-state index in [4.69, 9.17) is 4.74 Å². The maximum atomic E-state index is 11.7. The van der Waals surface area contributed by atoms with Crippen LogP contribution in [0.5, 0.6) is 5.75 Å². The van der Waals surface area contributed by atoms with Gasteiger partial charge in [0.25, 0.3) is 0 Å². The summed E-state index contributed by atoms with van der Waals surface area (Å²) in [7, 11) is 1.61. The van der Waals surface area contributed by atoms with Gasteiger partial charge < -0.3 is 20.5 Å². The van der Waals surface area contributed by atoms with E-state index in [0.29, 0.717) is 6.54 Å². The van der Waals surface area contributed by atoms with Crippen LogP contribution in [0.25, 0.3) is 0 Å².